The zero-order valence-electron chi connectivity index (χ0n) is 11.8. The van der Waals surface area contributed by atoms with E-state index in [4.69, 9.17) is 0 Å². The topological polar surface area (TPSA) is 46.1 Å². The molecule has 0 aliphatic rings. The van der Waals surface area contributed by atoms with Crippen LogP contribution < -0.4 is 4.90 Å². The van der Waals surface area contributed by atoms with Crippen molar-refractivity contribution in [2.45, 2.75) is 6.92 Å². The van der Waals surface area contributed by atoms with Gasteiger partial charge in [-0.3, -0.25) is 9.69 Å². The molecule has 0 fully saturated rings. The third-order valence-electron chi connectivity index (χ3n) is 2.85. The Labute approximate surface area is 136 Å². The molecule has 0 aliphatic heterocycles. The fourth-order valence-corrected chi connectivity index (χ4v) is 3.24. The van der Waals surface area contributed by atoms with Gasteiger partial charge < -0.3 is 0 Å². The minimum atomic E-state index is -0.143. The Balaban J connectivity index is 1.93. The van der Waals surface area contributed by atoms with Crippen LogP contribution in [0.4, 0.5) is 10.8 Å². The first kappa shape index (κ1) is 14.6. The van der Waals surface area contributed by atoms with E-state index >= 15 is 0 Å². The maximum absolute atomic E-state index is 12.6. The quantitative estimate of drug-likeness (QED) is 0.672. The van der Waals surface area contributed by atoms with Crippen molar-refractivity contribution in [3.8, 4) is 0 Å². The Morgan fingerprint density at radius 3 is 2.68 bits per heavy atom. The van der Waals surface area contributed by atoms with E-state index in [1.54, 1.807) is 17.2 Å². The minimum Gasteiger partial charge on any atom is -0.269 e. The van der Waals surface area contributed by atoms with E-state index in [0.29, 0.717) is 5.13 Å². The van der Waals surface area contributed by atoms with E-state index in [2.05, 4.69) is 9.97 Å². The first-order valence-corrected chi connectivity index (χ1v) is 8.39. The molecule has 22 heavy (non-hydrogen) atoms. The number of nitrogens with zero attached hydrogens (tertiary/aromatic N) is 3. The number of hydrogen-bond donors (Lipinski definition) is 0. The predicted octanol–water partition coefficient (Wildman–Crippen LogP) is 4.29. The maximum Gasteiger partial charge on any atom is 0.257 e. The minimum absolute atomic E-state index is 0.143. The van der Waals surface area contributed by atoms with Crippen molar-refractivity contribution in [1.82, 2.24) is 9.97 Å². The number of amides is 1. The normalized spacial score (nSPS) is 11.0. The summed E-state index contributed by atoms with van der Waals surface area (Å²) in [5.74, 6) is -0.143. The Bertz CT molecular complexity index is 779. The predicted molar refractivity (Wildman–Crippen MR) is 91.6 cm³/mol. The average molecular weight is 327 g/mol. The summed E-state index contributed by atoms with van der Waals surface area (Å²) in [5, 5.41) is 5.28. The van der Waals surface area contributed by atoms with Crippen LogP contribution in [0.25, 0.3) is 6.08 Å². The van der Waals surface area contributed by atoms with Crippen LogP contribution in [0.5, 0.6) is 0 Å². The highest BCUT2D eigenvalue weighted by Gasteiger charge is 2.18. The number of carbonyl (C=O) groups excluding carboxylic acids is 1. The standard InChI is InChI=1S/C16H13N3OS2/c1-12-11-22-16(18-12)19(13-5-3-2-4-6-13)15(20)8-7-14-17-9-10-21-14/h2-11H,1H3/b8-7+. The summed E-state index contributed by atoms with van der Waals surface area (Å²) in [6, 6.07) is 9.52. The fraction of sp³-hybridized carbons (Fsp3) is 0.0625. The van der Waals surface area contributed by atoms with Crippen molar-refractivity contribution in [3.63, 3.8) is 0 Å². The maximum atomic E-state index is 12.6. The van der Waals surface area contributed by atoms with Gasteiger partial charge >= 0.3 is 0 Å². The van der Waals surface area contributed by atoms with Gasteiger partial charge in [0, 0.05) is 23.0 Å². The van der Waals surface area contributed by atoms with Gasteiger partial charge in [-0.1, -0.05) is 18.2 Å². The van der Waals surface area contributed by atoms with Crippen LogP contribution in [0.15, 0.2) is 53.4 Å². The van der Waals surface area contributed by atoms with E-state index in [1.807, 2.05) is 48.0 Å². The Hall–Kier alpha value is -2.31. The zero-order valence-corrected chi connectivity index (χ0v) is 13.5. The summed E-state index contributed by atoms with van der Waals surface area (Å²) in [6.45, 7) is 1.92. The van der Waals surface area contributed by atoms with Gasteiger partial charge in [0.15, 0.2) is 5.13 Å². The lowest BCUT2D eigenvalue weighted by atomic mass is 10.3. The number of aromatic nitrogens is 2. The monoisotopic (exact) mass is 327 g/mol. The second-order valence-corrected chi connectivity index (χ2v) is 6.25. The molecular weight excluding hydrogens is 314 g/mol. The van der Waals surface area contributed by atoms with Crippen molar-refractivity contribution < 1.29 is 4.79 Å². The van der Waals surface area contributed by atoms with E-state index in [9.17, 15) is 4.79 Å². The Morgan fingerprint density at radius 2 is 2.05 bits per heavy atom. The molecular formula is C16H13N3OS2. The van der Waals surface area contributed by atoms with Gasteiger partial charge in [-0.15, -0.1) is 22.7 Å². The molecule has 0 radical (unpaired) electrons. The molecule has 0 N–H and O–H groups in total. The summed E-state index contributed by atoms with van der Waals surface area (Å²) < 4.78 is 0. The molecule has 0 aliphatic carbocycles. The van der Waals surface area contributed by atoms with E-state index in [0.717, 1.165) is 16.4 Å². The lowest BCUT2D eigenvalue weighted by molar-refractivity contribution is -0.113. The molecule has 0 saturated carbocycles. The van der Waals surface area contributed by atoms with Crippen molar-refractivity contribution in [3.05, 3.63) is 64.1 Å². The summed E-state index contributed by atoms with van der Waals surface area (Å²) in [4.78, 5) is 22.8. The van der Waals surface area contributed by atoms with Crippen molar-refractivity contribution >= 4 is 45.5 Å². The molecule has 110 valence electrons. The lowest BCUT2D eigenvalue weighted by Gasteiger charge is -2.18. The number of anilines is 2. The summed E-state index contributed by atoms with van der Waals surface area (Å²) in [7, 11) is 0. The molecule has 0 unspecified atom stereocenters. The fourth-order valence-electron chi connectivity index (χ4n) is 1.89. The number of hydrogen-bond acceptors (Lipinski definition) is 5. The van der Waals surface area contributed by atoms with Crippen molar-refractivity contribution in [1.29, 1.82) is 0 Å². The van der Waals surface area contributed by atoms with Gasteiger partial charge in [0.1, 0.15) is 5.01 Å². The van der Waals surface area contributed by atoms with E-state index < -0.39 is 0 Å². The highest BCUT2D eigenvalue weighted by molar-refractivity contribution is 7.14. The zero-order chi connectivity index (χ0) is 15.4. The molecule has 2 heterocycles. The number of aryl methyl sites for hydroxylation is 1. The highest BCUT2D eigenvalue weighted by atomic mass is 32.1. The number of rotatable bonds is 4. The molecule has 0 atom stereocenters. The largest absolute Gasteiger partial charge is 0.269 e. The van der Waals surface area contributed by atoms with E-state index in [1.165, 1.54) is 28.7 Å². The van der Waals surface area contributed by atoms with Crippen LogP contribution >= 0.6 is 22.7 Å². The third-order valence-corrected chi connectivity index (χ3v) is 4.54. The number of carbonyl (C=O) groups is 1. The van der Waals surface area contributed by atoms with Crippen LogP contribution in [0.2, 0.25) is 0 Å². The van der Waals surface area contributed by atoms with Gasteiger partial charge in [-0.2, -0.15) is 0 Å². The molecule has 1 aromatic carbocycles. The molecule has 0 saturated heterocycles. The molecule has 2 aromatic heterocycles. The molecule has 0 bridgehead atoms. The van der Waals surface area contributed by atoms with Crippen LogP contribution in [0.1, 0.15) is 10.7 Å². The van der Waals surface area contributed by atoms with Gasteiger partial charge in [0.25, 0.3) is 5.91 Å². The summed E-state index contributed by atoms with van der Waals surface area (Å²) >= 11 is 2.94. The first-order valence-electron chi connectivity index (χ1n) is 6.63. The van der Waals surface area contributed by atoms with Crippen LogP contribution in [0.3, 0.4) is 0 Å². The number of benzene rings is 1. The summed E-state index contributed by atoms with van der Waals surface area (Å²) in [5.41, 5.74) is 1.70. The van der Waals surface area contributed by atoms with Gasteiger partial charge in [0.05, 0.1) is 11.4 Å². The van der Waals surface area contributed by atoms with Gasteiger partial charge in [-0.05, 0) is 25.1 Å². The van der Waals surface area contributed by atoms with E-state index in [-0.39, 0.29) is 5.91 Å². The Kier molecular flexibility index (Phi) is 4.41. The smallest absolute Gasteiger partial charge is 0.257 e. The van der Waals surface area contributed by atoms with Crippen LogP contribution in [0, 0.1) is 6.92 Å². The average Bonchev–Trinajstić information content (AvgIpc) is 3.18. The Morgan fingerprint density at radius 1 is 1.23 bits per heavy atom. The van der Waals surface area contributed by atoms with Crippen molar-refractivity contribution in [2.75, 3.05) is 4.90 Å². The molecule has 3 rings (SSSR count). The third kappa shape index (κ3) is 3.29. The molecule has 3 aromatic rings. The van der Waals surface area contributed by atoms with Crippen molar-refractivity contribution in [2.24, 2.45) is 0 Å². The summed E-state index contributed by atoms with van der Waals surface area (Å²) in [6.07, 6.45) is 4.97. The first-order chi connectivity index (χ1) is 10.7. The molecule has 0 spiro atoms. The number of thiazole rings is 2. The lowest BCUT2D eigenvalue weighted by Crippen LogP contribution is -2.23. The SMILES string of the molecule is Cc1csc(N(C(=O)/C=C/c2nccs2)c2ccccc2)n1. The molecule has 4 nitrogen and oxygen atoms in total. The second-order valence-electron chi connectivity index (χ2n) is 4.48. The van der Waals surface area contributed by atoms with Gasteiger partial charge in [0.2, 0.25) is 0 Å². The van der Waals surface area contributed by atoms with Gasteiger partial charge in [-0.25, -0.2) is 9.97 Å². The second kappa shape index (κ2) is 6.64. The van der Waals surface area contributed by atoms with Crippen LogP contribution in [-0.2, 0) is 4.79 Å². The molecule has 6 heteroatoms. The highest BCUT2D eigenvalue weighted by Crippen LogP contribution is 2.28. The number of para-hydroxylation sites is 1. The molecule has 1 amide bonds. The van der Waals surface area contributed by atoms with Crippen LogP contribution in [-0.4, -0.2) is 15.9 Å².